The van der Waals surface area contributed by atoms with E-state index < -0.39 is 0 Å². The second-order valence-electron chi connectivity index (χ2n) is 4.85. The van der Waals surface area contributed by atoms with E-state index in [1.165, 1.54) is 12.1 Å². The molecule has 1 N–H and O–H groups in total. The Morgan fingerprint density at radius 1 is 1.55 bits per heavy atom. The van der Waals surface area contributed by atoms with Gasteiger partial charge in [-0.2, -0.15) is 0 Å². The summed E-state index contributed by atoms with van der Waals surface area (Å²) in [6.45, 7) is 4.73. The molecule has 1 unspecified atom stereocenters. The zero-order valence-corrected chi connectivity index (χ0v) is 13.0. The summed E-state index contributed by atoms with van der Waals surface area (Å²) in [6, 6.07) is 4.14. The van der Waals surface area contributed by atoms with E-state index >= 15 is 0 Å². The average molecular weight is 345 g/mol. The zero-order valence-electron chi connectivity index (χ0n) is 11.4. The van der Waals surface area contributed by atoms with Crippen molar-refractivity contribution in [3.05, 3.63) is 28.5 Å². The van der Waals surface area contributed by atoms with Crippen LogP contribution in [-0.4, -0.2) is 37.2 Å². The fraction of sp³-hybridized carbons (Fsp3) is 0.500. The van der Waals surface area contributed by atoms with Crippen LogP contribution in [0.15, 0.2) is 22.7 Å². The lowest BCUT2D eigenvalue weighted by atomic mass is 10.1. The second kappa shape index (κ2) is 7.04. The second-order valence-corrected chi connectivity index (χ2v) is 5.76. The minimum absolute atomic E-state index is 0.193. The molecule has 1 aromatic carbocycles. The summed E-state index contributed by atoms with van der Waals surface area (Å²) in [7, 11) is 0. The van der Waals surface area contributed by atoms with E-state index in [4.69, 9.17) is 4.74 Å². The van der Waals surface area contributed by atoms with Gasteiger partial charge in [0, 0.05) is 35.8 Å². The molecule has 0 aromatic heterocycles. The third kappa shape index (κ3) is 4.18. The van der Waals surface area contributed by atoms with Gasteiger partial charge < -0.3 is 15.0 Å². The summed E-state index contributed by atoms with van der Waals surface area (Å²) in [5.74, 6) is 0.00487. The molecule has 1 saturated heterocycles. The monoisotopic (exact) mass is 344 g/mol. The van der Waals surface area contributed by atoms with Gasteiger partial charge in [-0.05, 0) is 31.5 Å². The Kier molecular flexibility index (Phi) is 5.37. The first-order chi connectivity index (χ1) is 9.58. The summed E-state index contributed by atoms with van der Waals surface area (Å²) in [5.41, 5.74) is 0.454. The number of carbonyl (C=O) groups excluding carboxylic acids is 1. The van der Waals surface area contributed by atoms with E-state index in [0.29, 0.717) is 42.4 Å². The van der Waals surface area contributed by atoms with Crippen molar-refractivity contribution in [2.45, 2.75) is 13.3 Å². The minimum atomic E-state index is -0.384. The highest BCUT2D eigenvalue weighted by Crippen LogP contribution is 2.21. The van der Waals surface area contributed by atoms with Gasteiger partial charge >= 0.3 is 6.03 Å². The Bertz CT molecular complexity index is 464. The molecular formula is C14H18BrFN2O2. The molecular weight excluding hydrogens is 327 g/mol. The van der Waals surface area contributed by atoms with Crippen LogP contribution in [0.25, 0.3) is 0 Å². The van der Waals surface area contributed by atoms with Gasteiger partial charge in [0.15, 0.2) is 0 Å². The van der Waals surface area contributed by atoms with Gasteiger partial charge in [-0.3, -0.25) is 0 Å². The molecule has 1 aliphatic heterocycles. The van der Waals surface area contributed by atoms with Crippen molar-refractivity contribution in [1.29, 1.82) is 0 Å². The third-order valence-electron chi connectivity index (χ3n) is 3.24. The Hall–Kier alpha value is -1.14. The molecule has 1 heterocycles. The first-order valence-electron chi connectivity index (χ1n) is 6.68. The molecule has 1 aromatic rings. The maximum Gasteiger partial charge on any atom is 0.321 e. The summed E-state index contributed by atoms with van der Waals surface area (Å²) in [4.78, 5) is 13.8. The van der Waals surface area contributed by atoms with Crippen molar-refractivity contribution < 1.29 is 13.9 Å². The van der Waals surface area contributed by atoms with Crippen LogP contribution < -0.4 is 5.32 Å². The molecule has 1 atom stereocenters. The van der Waals surface area contributed by atoms with Gasteiger partial charge in [0.25, 0.3) is 0 Å². The molecule has 0 radical (unpaired) electrons. The van der Waals surface area contributed by atoms with Crippen molar-refractivity contribution in [3.63, 3.8) is 0 Å². The van der Waals surface area contributed by atoms with E-state index in [1.807, 2.05) is 6.92 Å². The minimum Gasteiger partial charge on any atom is -0.381 e. The van der Waals surface area contributed by atoms with Crippen LogP contribution in [0.2, 0.25) is 0 Å². The van der Waals surface area contributed by atoms with Gasteiger partial charge in [0.2, 0.25) is 0 Å². The number of anilines is 1. The Morgan fingerprint density at radius 2 is 2.35 bits per heavy atom. The van der Waals surface area contributed by atoms with Crippen LogP contribution in [0, 0.1) is 11.7 Å². The predicted octanol–water partition coefficient (Wildman–Crippen LogP) is 3.48. The average Bonchev–Trinajstić information content (AvgIpc) is 2.83. The lowest BCUT2D eigenvalue weighted by molar-refractivity contribution is 0.113. The fourth-order valence-electron chi connectivity index (χ4n) is 2.27. The molecule has 1 aliphatic rings. The number of hydrogen-bond acceptors (Lipinski definition) is 2. The van der Waals surface area contributed by atoms with Crippen LogP contribution in [0.1, 0.15) is 13.3 Å². The number of amides is 2. The first kappa shape index (κ1) is 15.3. The van der Waals surface area contributed by atoms with Gasteiger partial charge in [-0.1, -0.05) is 15.9 Å². The number of urea groups is 1. The Morgan fingerprint density at radius 3 is 3.05 bits per heavy atom. The lowest BCUT2D eigenvalue weighted by Gasteiger charge is -2.17. The van der Waals surface area contributed by atoms with Crippen LogP contribution in [0.3, 0.4) is 0 Å². The van der Waals surface area contributed by atoms with Crippen LogP contribution in [-0.2, 0) is 4.74 Å². The lowest BCUT2D eigenvalue weighted by Crippen LogP contribution is -2.33. The highest BCUT2D eigenvalue weighted by Gasteiger charge is 2.26. The number of rotatable bonds is 4. The zero-order chi connectivity index (χ0) is 14.5. The molecule has 6 heteroatoms. The molecule has 0 spiro atoms. The van der Waals surface area contributed by atoms with Gasteiger partial charge in [0.05, 0.1) is 6.61 Å². The number of nitrogens with one attached hydrogen (secondary N) is 1. The number of benzene rings is 1. The van der Waals surface area contributed by atoms with E-state index in [-0.39, 0.29) is 11.8 Å². The van der Waals surface area contributed by atoms with Crippen LogP contribution in [0.4, 0.5) is 14.9 Å². The van der Waals surface area contributed by atoms with Crippen molar-refractivity contribution in [2.75, 3.05) is 31.6 Å². The van der Waals surface area contributed by atoms with E-state index in [1.54, 1.807) is 11.0 Å². The molecule has 2 amide bonds. The van der Waals surface area contributed by atoms with E-state index in [0.717, 1.165) is 6.42 Å². The van der Waals surface area contributed by atoms with Gasteiger partial charge in [-0.25, -0.2) is 9.18 Å². The topological polar surface area (TPSA) is 41.6 Å². The molecule has 1 fully saturated rings. The molecule has 20 heavy (non-hydrogen) atoms. The number of ether oxygens (including phenoxy) is 1. The van der Waals surface area contributed by atoms with Crippen LogP contribution >= 0.6 is 15.9 Å². The van der Waals surface area contributed by atoms with Gasteiger partial charge in [-0.15, -0.1) is 0 Å². The number of halogens is 2. The fourth-order valence-corrected chi connectivity index (χ4v) is 2.73. The van der Waals surface area contributed by atoms with Crippen molar-refractivity contribution in [2.24, 2.45) is 5.92 Å². The molecule has 2 rings (SSSR count). The molecule has 110 valence electrons. The molecule has 0 aliphatic carbocycles. The van der Waals surface area contributed by atoms with Crippen LogP contribution in [0.5, 0.6) is 0 Å². The smallest absolute Gasteiger partial charge is 0.321 e. The van der Waals surface area contributed by atoms with E-state index in [2.05, 4.69) is 21.2 Å². The maximum absolute atomic E-state index is 13.2. The molecule has 4 nitrogen and oxygen atoms in total. The summed E-state index contributed by atoms with van der Waals surface area (Å²) < 4.78 is 19.2. The van der Waals surface area contributed by atoms with Crippen molar-refractivity contribution in [3.8, 4) is 0 Å². The quantitative estimate of drug-likeness (QED) is 0.908. The SMILES string of the molecule is CCOCC1CCN(C(=O)Nc2cc(F)cc(Br)c2)C1. The Balaban J connectivity index is 1.89. The maximum atomic E-state index is 13.2. The standard InChI is InChI=1S/C14H18BrFN2O2/c1-2-20-9-10-3-4-18(8-10)14(19)17-13-6-11(15)5-12(16)7-13/h5-7,10H,2-4,8-9H2,1H3,(H,17,19). The molecule has 0 bridgehead atoms. The normalized spacial score (nSPS) is 18.4. The third-order valence-corrected chi connectivity index (χ3v) is 3.70. The highest BCUT2D eigenvalue weighted by atomic mass is 79.9. The molecule has 0 saturated carbocycles. The summed E-state index contributed by atoms with van der Waals surface area (Å²) in [6.07, 6.45) is 0.945. The number of hydrogen-bond donors (Lipinski definition) is 1. The number of carbonyl (C=O) groups is 1. The number of nitrogens with zero attached hydrogens (tertiary/aromatic N) is 1. The summed E-state index contributed by atoms with van der Waals surface area (Å²) >= 11 is 3.20. The predicted molar refractivity (Wildman–Crippen MR) is 79.3 cm³/mol. The van der Waals surface area contributed by atoms with Gasteiger partial charge in [0.1, 0.15) is 5.82 Å². The van der Waals surface area contributed by atoms with Crippen molar-refractivity contribution >= 4 is 27.6 Å². The Labute approximate surface area is 126 Å². The number of likely N-dealkylation sites (tertiary alicyclic amines) is 1. The summed E-state index contributed by atoms with van der Waals surface area (Å²) in [5, 5.41) is 2.72. The van der Waals surface area contributed by atoms with Crippen molar-refractivity contribution in [1.82, 2.24) is 4.90 Å². The first-order valence-corrected chi connectivity index (χ1v) is 7.47. The highest BCUT2D eigenvalue weighted by molar-refractivity contribution is 9.10. The largest absolute Gasteiger partial charge is 0.381 e. The van der Waals surface area contributed by atoms with E-state index in [9.17, 15) is 9.18 Å².